The third-order valence-electron chi connectivity index (χ3n) is 2.71. The molecular weight excluding hydrogens is 292 g/mol. The molecular formula is C11H15ClN2O4S. The lowest BCUT2D eigenvalue weighted by Crippen LogP contribution is -2.42. The number of hydrogen-bond donors (Lipinski definition) is 1. The molecule has 1 aromatic rings. The molecule has 0 saturated heterocycles. The first kappa shape index (κ1) is 15.9. The van der Waals surface area contributed by atoms with Crippen molar-refractivity contribution in [2.45, 2.75) is 37.6 Å². The van der Waals surface area contributed by atoms with Crippen LogP contribution in [0.2, 0.25) is 5.02 Å². The van der Waals surface area contributed by atoms with E-state index in [1.54, 1.807) is 13.8 Å². The van der Waals surface area contributed by atoms with Crippen molar-refractivity contribution in [3.05, 3.63) is 33.3 Å². The highest BCUT2D eigenvalue weighted by Crippen LogP contribution is 2.27. The summed E-state index contributed by atoms with van der Waals surface area (Å²) >= 11 is 5.82. The summed E-state index contributed by atoms with van der Waals surface area (Å²) in [5.41, 5.74) is -0.980. The van der Waals surface area contributed by atoms with Gasteiger partial charge >= 0.3 is 0 Å². The van der Waals surface area contributed by atoms with Crippen molar-refractivity contribution >= 4 is 27.3 Å². The molecule has 0 aliphatic carbocycles. The molecule has 0 bridgehead atoms. The number of halogens is 1. The van der Waals surface area contributed by atoms with Crippen LogP contribution in [-0.2, 0) is 10.0 Å². The SMILES string of the molecule is CCC(C)(C)NS(=O)(=O)c1cc([N+](=O)[O-])ccc1Cl. The second-order valence-corrected chi connectivity index (χ2v) is 6.77. The van der Waals surface area contributed by atoms with Crippen LogP contribution in [0.3, 0.4) is 0 Å². The third kappa shape index (κ3) is 3.89. The monoisotopic (exact) mass is 306 g/mol. The Hall–Kier alpha value is -1.18. The molecule has 0 amide bonds. The minimum absolute atomic E-state index is 0.0509. The molecule has 1 rings (SSSR count). The summed E-state index contributed by atoms with van der Waals surface area (Å²) in [4.78, 5) is 9.73. The molecule has 0 aliphatic rings. The Morgan fingerprint density at radius 1 is 1.42 bits per heavy atom. The van der Waals surface area contributed by atoms with E-state index in [2.05, 4.69) is 4.72 Å². The predicted molar refractivity (Wildman–Crippen MR) is 72.8 cm³/mol. The molecule has 1 N–H and O–H groups in total. The summed E-state index contributed by atoms with van der Waals surface area (Å²) in [6, 6.07) is 3.32. The quantitative estimate of drug-likeness (QED) is 0.669. The van der Waals surface area contributed by atoms with Gasteiger partial charge in [0.15, 0.2) is 0 Å². The van der Waals surface area contributed by atoms with E-state index in [9.17, 15) is 18.5 Å². The second-order valence-electron chi connectivity index (χ2n) is 4.71. The Morgan fingerprint density at radius 2 is 2.00 bits per heavy atom. The fourth-order valence-electron chi connectivity index (χ4n) is 1.30. The maximum absolute atomic E-state index is 12.2. The number of hydrogen-bond acceptors (Lipinski definition) is 4. The molecule has 0 fully saturated rings. The maximum atomic E-state index is 12.2. The molecule has 0 aromatic heterocycles. The van der Waals surface area contributed by atoms with Gasteiger partial charge in [-0.1, -0.05) is 18.5 Å². The summed E-state index contributed by atoms with van der Waals surface area (Å²) in [6.45, 7) is 5.27. The Bertz CT molecular complexity index is 599. The summed E-state index contributed by atoms with van der Waals surface area (Å²) < 4.78 is 26.8. The Kier molecular flexibility index (Phi) is 4.54. The molecule has 0 radical (unpaired) electrons. The van der Waals surface area contributed by atoms with Gasteiger partial charge < -0.3 is 0 Å². The van der Waals surface area contributed by atoms with Crippen LogP contribution < -0.4 is 4.72 Å². The van der Waals surface area contributed by atoms with E-state index in [1.807, 2.05) is 6.92 Å². The zero-order valence-electron chi connectivity index (χ0n) is 10.8. The van der Waals surface area contributed by atoms with Crippen molar-refractivity contribution in [3.63, 3.8) is 0 Å². The van der Waals surface area contributed by atoms with E-state index < -0.39 is 20.5 Å². The van der Waals surface area contributed by atoms with Crippen LogP contribution in [0.1, 0.15) is 27.2 Å². The molecule has 6 nitrogen and oxygen atoms in total. The number of sulfonamides is 1. The zero-order valence-corrected chi connectivity index (χ0v) is 12.4. The van der Waals surface area contributed by atoms with E-state index in [-0.39, 0.29) is 15.6 Å². The number of benzene rings is 1. The third-order valence-corrected chi connectivity index (χ3v) is 4.89. The fraction of sp³-hybridized carbons (Fsp3) is 0.455. The number of nitro groups is 1. The first-order chi connectivity index (χ1) is 8.59. The summed E-state index contributed by atoms with van der Waals surface area (Å²) in [5.74, 6) is 0. The largest absolute Gasteiger partial charge is 0.270 e. The maximum Gasteiger partial charge on any atom is 0.270 e. The van der Waals surface area contributed by atoms with Crippen LogP contribution in [0.5, 0.6) is 0 Å². The number of nitrogens with one attached hydrogen (secondary N) is 1. The van der Waals surface area contributed by atoms with Gasteiger partial charge in [0.1, 0.15) is 4.90 Å². The van der Waals surface area contributed by atoms with Gasteiger partial charge in [-0.25, -0.2) is 13.1 Å². The van der Waals surface area contributed by atoms with E-state index in [0.29, 0.717) is 6.42 Å². The lowest BCUT2D eigenvalue weighted by atomic mass is 10.0. The molecule has 0 atom stereocenters. The molecule has 106 valence electrons. The zero-order chi connectivity index (χ0) is 14.8. The Balaban J connectivity index is 3.28. The molecule has 19 heavy (non-hydrogen) atoms. The summed E-state index contributed by atoms with van der Waals surface area (Å²) in [6.07, 6.45) is 0.568. The van der Waals surface area contributed by atoms with Crippen LogP contribution in [-0.4, -0.2) is 18.9 Å². The van der Waals surface area contributed by atoms with Gasteiger partial charge in [0.05, 0.1) is 9.95 Å². The number of rotatable bonds is 5. The van der Waals surface area contributed by atoms with Gasteiger partial charge in [-0.2, -0.15) is 0 Å². The van der Waals surface area contributed by atoms with Crippen LogP contribution >= 0.6 is 11.6 Å². The van der Waals surface area contributed by atoms with Gasteiger partial charge in [0.2, 0.25) is 10.0 Å². The molecule has 0 heterocycles. The number of nitro benzene ring substituents is 1. The van der Waals surface area contributed by atoms with Crippen LogP contribution in [0.15, 0.2) is 23.1 Å². The highest BCUT2D eigenvalue weighted by Gasteiger charge is 2.27. The Labute approximate surface area is 117 Å². The summed E-state index contributed by atoms with van der Waals surface area (Å²) in [5, 5.41) is 10.6. The van der Waals surface area contributed by atoms with Crippen molar-refractivity contribution in [3.8, 4) is 0 Å². The van der Waals surface area contributed by atoms with Gasteiger partial charge in [0.25, 0.3) is 5.69 Å². The van der Waals surface area contributed by atoms with E-state index in [4.69, 9.17) is 11.6 Å². The topological polar surface area (TPSA) is 89.3 Å². The highest BCUT2D eigenvalue weighted by molar-refractivity contribution is 7.89. The first-order valence-corrected chi connectivity index (χ1v) is 7.43. The van der Waals surface area contributed by atoms with Gasteiger partial charge in [0, 0.05) is 17.7 Å². The highest BCUT2D eigenvalue weighted by atomic mass is 35.5. The van der Waals surface area contributed by atoms with E-state index in [1.165, 1.54) is 6.07 Å². The minimum atomic E-state index is -3.90. The predicted octanol–water partition coefficient (Wildman–Crippen LogP) is 2.72. The first-order valence-electron chi connectivity index (χ1n) is 5.57. The van der Waals surface area contributed by atoms with Gasteiger partial charge in [-0.15, -0.1) is 0 Å². The molecule has 8 heteroatoms. The minimum Gasteiger partial charge on any atom is -0.258 e. The average Bonchev–Trinajstić information content (AvgIpc) is 2.27. The van der Waals surface area contributed by atoms with Gasteiger partial charge in [-0.3, -0.25) is 10.1 Å². The standard InChI is InChI=1S/C11H15ClN2O4S/c1-4-11(2,3)13-19(17,18)10-7-8(14(15)16)5-6-9(10)12/h5-7,13H,4H2,1-3H3. The average molecular weight is 307 g/mol. The summed E-state index contributed by atoms with van der Waals surface area (Å²) in [7, 11) is -3.90. The molecule has 0 spiro atoms. The molecule has 0 unspecified atom stereocenters. The van der Waals surface area contributed by atoms with E-state index >= 15 is 0 Å². The van der Waals surface area contributed by atoms with Crippen molar-refractivity contribution in [1.82, 2.24) is 4.72 Å². The second kappa shape index (κ2) is 5.44. The van der Waals surface area contributed by atoms with Crippen LogP contribution in [0.25, 0.3) is 0 Å². The van der Waals surface area contributed by atoms with Crippen molar-refractivity contribution in [1.29, 1.82) is 0 Å². The molecule has 0 aliphatic heterocycles. The smallest absolute Gasteiger partial charge is 0.258 e. The molecule has 1 aromatic carbocycles. The lowest BCUT2D eigenvalue weighted by molar-refractivity contribution is -0.385. The van der Waals surface area contributed by atoms with Crippen LogP contribution in [0.4, 0.5) is 5.69 Å². The van der Waals surface area contributed by atoms with Crippen molar-refractivity contribution in [2.75, 3.05) is 0 Å². The van der Waals surface area contributed by atoms with Gasteiger partial charge in [-0.05, 0) is 26.3 Å². The fourth-order valence-corrected chi connectivity index (χ4v) is 3.31. The van der Waals surface area contributed by atoms with Crippen molar-refractivity contribution < 1.29 is 13.3 Å². The van der Waals surface area contributed by atoms with Crippen LogP contribution in [0, 0.1) is 10.1 Å². The number of non-ortho nitro benzene ring substituents is 1. The van der Waals surface area contributed by atoms with E-state index in [0.717, 1.165) is 12.1 Å². The van der Waals surface area contributed by atoms with Crippen molar-refractivity contribution in [2.24, 2.45) is 0 Å². The lowest BCUT2D eigenvalue weighted by Gasteiger charge is -2.24. The number of nitrogens with zero attached hydrogens (tertiary/aromatic N) is 1. The normalized spacial score (nSPS) is 12.4. The Morgan fingerprint density at radius 3 is 2.47 bits per heavy atom. The molecule has 0 saturated carbocycles.